The average molecular weight is 344 g/mol. The number of aromatic nitrogens is 1. The number of rotatable bonds is 5. The van der Waals surface area contributed by atoms with Gasteiger partial charge in [0.2, 0.25) is 5.91 Å². The second kappa shape index (κ2) is 6.62. The van der Waals surface area contributed by atoms with Gasteiger partial charge in [-0.3, -0.25) is 4.79 Å². The number of carbonyl (C=O) groups is 1. The highest BCUT2D eigenvalue weighted by Crippen LogP contribution is 2.24. The smallest absolute Gasteiger partial charge is 0.244 e. The number of para-hydroxylation sites is 1. The molecule has 23 heavy (non-hydrogen) atoms. The highest BCUT2D eigenvalue weighted by Gasteiger charge is 2.24. The minimum absolute atomic E-state index is 0.163. The van der Waals surface area contributed by atoms with Gasteiger partial charge >= 0.3 is 0 Å². The molecule has 1 unspecified atom stereocenters. The molecule has 0 radical (unpaired) electrons. The van der Waals surface area contributed by atoms with E-state index in [4.69, 9.17) is 0 Å². The minimum Gasteiger partial charge on any atom is -0.383 e. The van der Waals surface area contributed by atoms with Crippen LogP contribution in [0.4, 0.5) is 0 Å². The van der Waals surface area contributed by atoms with Gasteiger partial charge in [-0.2, -0.15) is 0 Å². The highest BCUT2D eigenvalue weighted by molar-refractivity contribution is 7.19. The lowest BCUT2D eigenvalue weighted by molar-refractivity contribution is -0.117. The summed E-state index contributed by atoms with van der Waals surface area (Å²) >= 11 is 3.00. The van der Waals surface area contributed by atoms with Gasteiger partial charge in [0.1, 0.15) is 10.6 Å². The van der Waals surface area contributed by atoms with Crippen molar-refractivity contribution >= 4 is 44.9 Å². The van der Waals surface area contributed by atoms with Crippen LogP contribution in [0.15, 0.2) is 47.9 Å². The van der Waals surface area contributed by atoms with Crippen LogP contribution in [0.2, 0.25) is 0 Å². The van der Waals surface area contributed by atoms with E-state index in [-0.39, 0.29) is 12.5 Å². The zero-order valence-electron chi connectivity index (χ0n) is 12.5. The van der Waals surface area contributed by atoms with E-state index in [9.17, 15) is 9.90 Å². The average Bonchev–Trinajstić information content (AvgIpc) is 3.20. The molecule has 0 aliphatic rings. The maximum Gasteiger partial charge on any atom is 0.244 e. The molecule has 2 N–H and O–H groups in total. The number of thiophene rings is 1. The number of hydrogen-bond acceptors (Lipinski definition) is 5. The zero-order chi connectivity index (χ0) is 16.3. The summed E-state index contributed by atoms with van der Waals surface area (Å²) in [4.78, 5) is 17.2. The summed E-state index contributed by atoms with van der Waals surface area (Å²) in [7, 11) is 0. The van der Waals surface area contributed by atoms with Crippen molar-refractivity contribution in [2.75, 3.05) is 6.54 Å². The molecule has 3 aromatic rings. The monoisotopic (exact) mass is 344 g/mol. The Labute approximate surface area is 142 Å². The summed E-state index contributed by atoms with van der Waals surface area (Å²) in [5, 5.41) is 15.8. The number of hydrogen-bond donors (Lipinski definition) is 2. The largest absolute Gasteiger partial charge is 0.383 e. The molecule has 0 saturated heterocycles. The molecular weight excluding hydrogens is 328 g/mol. The Morgan fingerprint density at radius 1 is 1.35 bits per heavy atom. The van der Waals surface area contributed by atoms with Crippen molar-refractivity contribution in [3.63, 3.8) is 0 Å². The number of nitrogens with zero attached hydrogens (tertiary/aromatic N) is 1. The summed E-state index contributed by atoms with van der Waals surface area (Å²) in [6.07, 6.45) is 3.14. The lowest BCUT2D eigenvalue weighted by Gasteiger charge is -2.21. The van der Waals surface area contributed by atoms with Gasteiger partial charge in [-0.05, 0) is 36.6 Å². The summed E-state index contributed by atoms with van der Waals surface area (Å²) in [5.41, 5.74) is -0.133. The SMILES string of the molecule is CC(O)(CNC(=O)C=Cc1nc2ccccc2s1)c1cccs1. The number of amides is 1. The van der Waals surface area contributed by atoms with E-state index in [1.165, 1.54) is 28.7 Å². The van der Waals surface area contributed by atoms with E-state index in [0.29, 0.717) is 0 Å². The normalized spacial score (nSPS) is 14.2. The van der Waals surface area contributed by atoms with Crippen molar-refractivity contribution in [3.05, 3.63) is 57.7 Å². The number of thiazole rings is 1. The predicted molar refractivity (Wildman–Crippen MR) is 95.6 cm³/mol. The number of fused-ring (bicyclic) bond motifs is 1. The number of benzene rings is 1. The number of nitrogens with one attached hydrogen (secondary N) is 1. The third-order valence-corrected chi connectivity index (χ3v) is 5.47. The van der Waals surface area contributed by atoms with Gasteiger partial charge in [-0.1, -0.05) is 18.2 Å². The second-order valence-corrected chi connectivity index (χ2v) is 7.33. The topological polar surface area (TPSA) is 62.2 Å². The van der Waals surface area contributed by atoms with Gasteiger partial charge < -0.3 is 10.4 Å². The molecule has 0 saturated carbocycles. The fourth-order valence-corrected chi connectivity index (χ4v) is 3.76. The molecule has 2 heterocycles. The van der Waals surface area contributed by atoms with E-state index >= 15 is 0 Å². The van der Waals surface area contributed by atoms with Gasteiger partial charge in [-0.25, -0.2) is 4.98 Å². The van der Waals surface area contributed by atoms with Crippen molar-refractivity contribution in [2.24, 2.45) is 0 Å². The Bertz CT molecular complexity index is 802. The van der Waals surface area contributed by atoms with E-state index < -0.39 is 5.60 Å². The van der Waals surface area contributed by atoms with Crippen LogP contribution in [0.3, 0.4) is 0 Å². The first-order chi connectivity index (χ1) is 11.0. The Hall–Kier alpha value is -2.02. The zero-order valence-corrected chi connectivity index (χ0v) is 14.2. The van der Waals surface area contributed by atoms with Gasteiger partial charge in [0.15, 0.2) is 0 Å². The maximum absolute atomic E-state index is 11.9. The molecule has 0 aliphatic heterocycles. The Balaban J connectivity index is 1.60. The maximum atomic E-state index is 11.9. The van der Waals surface area contributed by atoms with Crippen LogP contribution in [-0.4, -0.2) is 22.5 Å². The van der Waals surface area contributed by atoms with Crippen LogP contribution in [-0.2, 0) is 10.4 Å². The minimum atomic E-state index is -1.06. The molecule has 1 aromatic carbocycles. The molecule has 1 amide bonds. The van der Waals surface area contributed by atoms with Crippen LogP contribution in [0, 0.1) is 0 Å². The van der Waals surface area contributed by atoms with Crippen LogP contribution in [0.1, 0.15) is 16.8 Å². The molecule has 4 nitrogen and oxygen atoms in total. The molecule has 0 spiro atoms. The van der Waals surface area contributed by atoms with Crippen molar-refractivity contribution in [1.82, 2.24) is 10.3 Å². The van der Waals surface area contributed by atoms with Crippen LogP contribution >= 0.6 is 22.7 Å². The fraction of sp³-hybridized carbons (Fsp3) is 0.176. The quantitative estimate of drug-likeness (QED) is 0.697. The molecule has 0 aliphatic carbocycles. The van der Waals surface area contributed by atoms with E-state index in [1.807, 2.05) is 41.8 Å². The standard InChI is InChI=1S/C17H16N2O2S2/c1-17(21,14-7-4-10-22-14)11-18-15(20)8-9-16-19-12-5-2-3-6-13(12)23-16/h2-10,21H,11H2,1H3,(H,18,20). The molecule has 2 aromatic heterocycles. The Morgan fingerprint density at radius 3 is 2.91 bits per heavy atom. The molecule has 0 fully saturated rings. The number of aliphatic hydroxyl groups is 1. The van der Waals surface area contributed by atoms with E-state index in [2.05, 4.69) is 10.3 Å². The first kappa shape index (κ1) is 15.9. The summed E-state index contributed by atoms with van der Waals surface area (Å²) in [5.74, 6) is -0.249. The van der Waals surface area contributed by atoms with Gasteiger partial charge in [0.05, 0.1) is 16.8 Å². The molecule has 118 valence electrons. The third kappa shape index (κ3) is 3.85. The summed E-state index contributed by atoms with van der Waals surface area (Å²) in [6, 6.07) is 11.6. The number of carbonyl (C=O) groups excluding carboxylic acids is 1. The molecular formula is C17H16N2O2S2. The lowest BCUT2D eigenvalue weighted by atomic mass is 10.1. The van der Waals surface area contributed by atoms with Crippen LogP contribution < -0.4 is 5.32 Å². The first-order valence-corrected chi connectivity index (χ1v) is 8.82. The van der Waals surface area contributed by atoms with E-state index in [1.54, 1.807) is 13.0 Å². The van der Waals surface area contributed by atoms with Gasteiger partial charge in [0.25, 0.3) is 0 Å². The van der Waals surface area contributed by atoms with Crippen molar-refractivity contribution in [3.8, 4) is 0 Å². The predicted octanol–water partition coefficient (Wildman–Crippen LogP) is 3.39. The lowest BCUT2D eigenvalue weighted by Crippen LogP contribution is -2.37. The molecule has 3 rings (SSSR count). The summed E-state index contributed by atoms with van der Waals surface area (Å²) in [6.45, 7) is 1.85. The third-order valence-electron chi connectivity index (χ3n) is 3.35. The Kier molecular flexibility index (Phi) is 4.56. The van der Waals surface area contributed by atoms with Gasteiger partial charge in [0, 0.05) is 11.0 Å². The van der Waals surface area contributed by atoms with Crippen molar-refractivity contribution in [1.29, 1.82) is 0 Å². The molecule has 0 bridgehead atoms. The Morgan fingerprint density at radius 2 is 2.17 bits per heavy atom. The first-order valence-electron chi connectivity index (χ1n) is 7.12. The van der Waals surface area contributed by atoms with E-state index in [0.717, 1.165) is 20.1 Å². The van der Waals surface area contributed by atoms with Crippen LogP contribution in [0.25, 0.3) is 16.3 Å². The van der Waals surface area contributed by atoms with Gasteiger partial charge in [-0.15, -0.1) is 22.7 Å². The summed E-state index contributed by atoms with van der Waals surface area (Å²) < 4.78 is 1.09. The highest BCUT2D eigenvalue weighted by atomic mass is 32.1. The van der Waals surface area contributed by atoms with Crippen molar-refractivity contribution in [2.45, 2.75) is 12.5 Å². The van der Waals surface area contributed by atoms with Crippen molar-refractivity contribution < 1.29 is 9.90 Å². The fourth-order valence-electron chi connectivity index (χ4n) is 2.10. The van der Waals surface area contributed by atoms with Crippen LogP contribution in [0.5, 0.6) is 0 Å². The second-order valence-electron chi connectivity index (χ2n) is 5.32. The molecule has 6 heteroatoms. The molecule has 1 atom stereocenters.